The van der Waals surface area contributed by atoms with E-state index in [1.165, 1.54) is 29.0 Å². The zero-order valence-corrected chi connectivity index (χ0v) is 20.1. The number of rotatable bonds is 7. The van der Waals surface area contributed by atoms with Crippen LogP contribution in [0, 0.1) is 5.82 Å². The summed E-state index contributed by atoms with van der Waals surface area (Å²) in [5.41, 5.74) is 3.63. The molecule has 35 heavy (non-hydrogen) atoms. The molecule has 9 heteroatoms. The fourth-order valence-electron chi connectivity index (χ4n) is 4.55. The fourth-order valence-corrected chi connectivity index (χ4v) is 6.01. The minimum absolute atomic E-state index is 0.0272. The van der Waals surface area contributed by atoms with Crippen molar-refractivity contribution in [1.29, 1.82) is 0 Å². The molecular weight excluding hydrogens is 465 g/mol. The minimum atomic E-state index is -3.72. The van der Waals surface area contributed by atoms with Crippen molar-refractivity contribution >= 4 is 10.0 Å². The van der Waals surface area contributed by atoms with Gasteiger partial charge in [0.2, 0.25) is 0 Å². The standard InChI is InChI=1S/C26H26FN5O2S/c1-31-17-25(30-18-31)35(33,34)32-15-23(19-6-3-2-4-7-19)24(16-32)29-14-21-8-5-13-28-26(21)20-9-11-22(27)12-10-20/h2-13,17-18,23-24,29H,14-16H2,1H3/t23-,24+/m1/s1. The molecule has 5 rings (SSSR count). The molecule has 0 aliphatic carbocycles. The average Bonchev–Trinajstić information content (AvgIpc) is 3.51. The highest BCUT2D eigenvalue weighted by molar-refractivity contribution is 7.89. The van der Waals surface area contributed by atoms with Gasteiger partial charge in [-0.25, -0.2) is 17.8 Å². The lowest BCUT2D eigenvalue weighted by atomic mass is 9.94. The van der Waals surface area contributed by atoms with Crippen molar-refractivity contribution in [2.24, 2.45) is 7.05 Å². The first-order chi connectivity index (χ1) is 16.9. The second kappa shape index (κ2) is 9.69. The molecule has 0 radical (unpaired) electrons. The number of hydrogen-bond donors (Lipinski definition) is 1. The maximum absolute atomic E-state index is 13.4. The van der Waals surface area contributed by atoms with Gasteiger partial charge >= 0.3 is 0 Å². The molecule has 1 aliphatic heterocycles. The van der Waals surface area contributed by atoms with E-state index >= 15 is 0 Å². The van der Waals surface area contributed by atoms with Gasteiger partial charge in [-0.15, -0.1) is 0 Å². The molecule has 2 aromatic heterocycles. The molecule has 7 nitrogen and oxygen atoms in total. The molecule has 2 atom stereocenters. The van der Waals surface area contributed by atoms with E-state index in [1.807, 2.05) is 42.5 Å². The predicted octanol–water partition coefficient (Wildman–Crippen LogP) is 3.57. The van der Waals surface area contributed by atoms with E-state index in [2.05, 4.69) is 15.3 Å². The molecule has 1 saturated heterocycles. The quantitative estimate of drug-likeness (QED) is 0.428. The molecular formula is C26H26FN5O2S. The van der Waals surface area contributed by atoms with Crippen molar-refractivity contribution in [2.45, 2.75) is 23.5 Å². The summed E-state index contributed by atoms with van der Waals surface area (Å²) < 4.78 is 43.2. The Morgan fingerprint density at radius 3 is 2.49 bits per heavy atom. The third kappa shape index (κ3) is 4.88. The van der Waals surface area contributed by atoms with Crippen LogP contribution in [-0.4, -0.2) is 46.4 Å². The number of hydrogen-bond acceptors (Lipinski definition) is 5. The zero-order chi connectivity index (χ0) is 24.4. The maximum atomic E-state index is 13.4. The van der Waals surface area contributed by atoms with Gasteiger partial charge in [0.15, 0.2) is 5.03 Å². The number of benzene rings is 2. The molecule has 1 N–H and O–H groups in total. The zero-order valence-electron chi connectivity index (χ0n) is 19.3. The summed E-state index contributed by atoms with van der Waals surface area (Å²) in [5.74, 6) is -0.323. The van der Waals surface area contributed by atoms with Crippen molar-refractivity contribution in [1.82, 2.24) is 24.2 Å². The Kier molecular flexibility index (Phi) is 6.46. The van der Waals surface area contributed by atoms with Gasteiger partial charge < -0.3 is 9.88 Å². The number of imidazole rings is 1. The Morgan fingerprint density at radius 1 is 1.00 bits per heavy atom. The lowest BCUT2D eigenvalue weighted by Gasteiger charge is -2.21. The molecule has 2 aromatic carbocycles. The summed E-state index contributed by atoms with van der Waals surface area (Å²) in [6.07, 6.45) is 4.73. The first-order valence-electron chi connectivity index (χ1n) is 11.4. The number of aromatic nitrogens is 3. The topological polar surface area (TPSA) is 80.1 Å². The highest BCUT2D eigenvalue weighted by Gasteiger charge is 2.40. The maximum Gasteiger partial charge on any atom is 0.262 e. The molecule has 1 fully saturated rings. The van der Waals surface area contributed by atoms with Gasteiger partial charge in [-0.05, 0) is 41.5 Å². The summed E-state index contributed by atoms with van der Waals surface area (Å²) in [5, 5.41) is 3.63. The van der Waals surface area contributed by atoms with E-state index in [1.54, 1.807) is 29.9 Å². The van der Waals surface area contributed by atoms with Gasteiger partial charge in [-0.2, -0.15) is 4.31 Å². The van der Waals surface area contributed by atoms with E-state index in [4.69, 9.17) is 0 Å². The van der Waals surface area contributed by atoms with Gasteiger partial charge in [-0.1, -0.05) is 36.4 Å². The number of pyridine rings is 1. The molecule has 4 aromatic rings. The first kappa shape index (κ1) is 23.3. The van der Waals surface area contributed by atoms with Crippen LogP contribution in [0.3, 0.4) is 0 Å². The van der Waals surface area contributed by atoms with Crippen molar-refractivity contribution in [3.05, 3.63) is 102 Å². The van der Waals surface area contributed by atoms with Crippen molar-refractivity contribution in [3.63, 3.8) is 0 Å². The third-order valence-electron chi connectivity index (χ3n) is 6.36. The Balaban J connectivity index is 1.41. The number of halogens is 1. The lowest BCUT2D eigenvalue weighted by molar-refractivity contribution is 0.454. The first-order valence-corrected chi connectivity index (χ1v) is 12.8. The Hall–Kier alpha value is -3.40. The van der Waals surface area contributed by atoms with Crippen LogP contribution in [0.25, 0.3) is 11.3 Å². The Labute approximate surface area is 204 Å². The van der Waals surface area contributed by atoms with E-state index in [0.29, 0.717) is 19.6 Å². The molecule has 3 heterocycles. The monoisotopic (exact) mass is 491 g/mol. The minimum Gasteiger partial charge on any atom is -0.339 e. The summed E-state index contributed by atoms with van der Waals surface area (Å²) in [4.78, 5) is 8.60. The van der Waals surface area contributed by atoms with Crippen LogP contribution in [0.15, 0.2) is 90.5 Å². The van der Waals surface area contributed by atoms with Crippen LogP contribution >= 0.6 is 0 Å². The van der Waals surface area contributed by atoms with E-state index in [-0.39, 0.29) is 22.8 Å². The number of aryl methyl sites for hydroxylation is 1. The summed E-state index contributed by atoms with van der Waals surface area (Å²) >= 11 is 0. The molecule has 0 unspecified atom stereocenters. The second-order valence-electron chi connectivity index (χ2n) is 8.72. The molecule has 0 saturated carbocycles. The lowest BCUT2D eigenvalue weighted by Crippen LogP contribution is -2.36. The van der Waals surface area contributed by atoms with Gasteiger partial charge in [0.25, 0.3) is 10.0 Å². The molecule has 1 aliphatic rings. The summed E-state index contributed by atoms with van der Waals surface area (Å²) in [6.45, 7) is 1.18. The van der Waals surface area contributed by atoms with E-state index in [0.717, 1.165) is 22.4 Å². The van der Waals surface area contributed by atoms with Crippen molar-refractivity contribution < 1.29 is 12.8 Å². The van der Waals surface area contributed by atoms with Crippen LogP contribution in [-0.2, 0) is 23.6 Å². The van der Waals surface area contributed by atoms with Gasteiger partial charge in [-0.3, -0.25) is 4.98 Å². The Bertz CT molecular complexity index is 1410. The van der Waals surface area contributed by atoms with Crippen molar-refractivity contribution in [3.8, 4) is 11.3 Å². The van der Waals surface area contributed by atoms with E-state index in [9.17, 15) is 12.8 Å². The highest BCUT2D eigenvalue weighted by atomic mass is 32.2. The number of nitrogens with zero attached hydrogens (tertiary/aromatic N) is 4. The predicted molar refractivity (Wildman–Crippen MR) is 131 cm³/mol. The van der Waals surface area contributed by atoms with Gasteiger partial charge in [0.1, 0.15) is 5.82 Å². The fraction of sp³-hybridized carbons (Fsp3) is 0.231. The van der Waals surface area contributed by atoms with Crippen LogP contribution < -0.4 is 5.32 Å². The summed E-state index contributed by atoms with van der Waals surface area (Å²) in [6, 6.07) is 20.0. The SMILES string of the molecule is Cn1cnc(S(=O)(=O)N2C[C@H](NCc3cccnc3-c3ccc(F)cc3)[C@@H](c3ccccc3)C2)c1. The van der Waals surface area contributed by atoms with Crippen LogP contribution in [0.1, 0.15) is 17.0 Å². The second-order valence-corrected chi connectivity index (χ2v) is 10.6. The van der Waals surface area contributed by atoms with Gasteiger partial charge in [0.05, 0.1) is 12.0 Å². The molecule has 0 bridgehead atoms. The molecule has 0 amide bonds. The van der Waals surface area contributed by atoms with Gasteiger partial charge in [0, 0.05) is 56.6 Å². The smallest absolute Gasteiger partial charge is 0.262 e. The number of sulfonamides is 1. The average molecular weight is 492 g/mol. The normalized spacial score (nSPS) is 18.7. The molecule has 0 spiro atoms. The van der Waals surface area contributed by atoms with Crippen LogP contribution in [0.4, 0.5) is 4.39 Å². The van der Waals surface area contributed by atoms with Crippen LogP contribution in [0.2, 0.25) is 0 Å². The largest absolute Gasteiger partial charge is 0.339 e. The number of nitrogens with one attached hydrogen (secondary N) is 1. The Morgan fingerprint density at radius 2 is 1.77 bits per heavy atom. The highest BCUT2D eigenvalue weighted by Crippen LogP contribution is 2.32. The molecule has 180 valence electrons. The summed E-state index contributed by atoms with van der Waals surface area (Å²) in [7, 11) is -1.97. The third-order valence-corrected chi connectivity index (χ3v) is 8.08. The van der Waals surface area contributed by atoms with E-state index < -0.39 is 10.0 Å². The van der Waals surface area contributed by atoms with Crippen molar-refractivity contribution in [2.75, 3.05) is 13.1 Å². The van der Waals surface area contributed by atoms with Crippen LogP contribution in [0.5, 0.6) is 0 Å².